The number of nitrogens with zero attached hydrogens (tertiary/aromatic N) is 2. The van der Waals surface area contributed by atoms with Crippen LogP contribution in [0.2, 0.25) is 0 Å². The predicted octanol–water partition coefficient (Wildman–Crippen LogP) is 3.99. The highest BCUT2D eigenvalue weighted by atomic mass is 32.2. The molecule has 0 spiro atoms. The lowest BCUT2D eigenvalue weighted by atomic mass is 9.96. The van der Waals surface area contributed by atoms with Crippen LogP contribution in [0, 0.1) is 0 Å². The van der Waals surface area contributed by atoms with Crippen LogP contribution in [0.3, 0.4) is 0 Å². The minimum Gasteiger partial charge on any atom is -0.342 e. The van der Waals surface area contributed by atoms with Crippen LogP contribution in [0.25, 0.3) is 11.0 Å². The van der Waals surface area contributed by atoms with Gasteiger partial charge in [-0.2, -0.15) is 0 Å². The van der Waals surface area contributed by atoms with Gasteiger partial charge in [0.25, 0.3) is 0 Å². The number of hydrogen-bond acceptors (Lipinski definition) is 3. The summed E-state index contributed by atoms with van der Waals surface area (Å²) in [7, 11) is 0. The summed E-state index contributed by atoms with van der Waals surface area (Å²) in [4.78, 5) is 24.6. The number of carbonyl (C=O) groups is 1. The van der Waals surface area contributed by atoms with Gasteiger partial charge in [0.1, 0.15) is 5.82 Å². The third-order valence-electron chi connectivity index (χ3n) is 5.45. The first kappa shape index (κ1) is 15.9. The van der Waals surface area contributed by atoms with Crippen molar-refractivity contribution < 1.29 is 4.79 Å². The van der Waals surface area contributed by atoms with Crippen molar-refractivity contribution in [2.75, 3.05) is 13.1 Å². The number of H-pyrrole nitrogens is 1. The summed E-state index contributed by atoms with van der Waals surface area (Å²) in [6.45, 7) is 1.63. The van der Waals surface area contributed by atoms with E-state index in [1.54, 1.807) is 11.8 Å². The van der Waals surface area contributed by atoms with E-state index < -0.39 is 0 Å². The van der Waals surface area contributed by atoms with Gasteiger partial charge >= 0.3 is 0 Å². The maximum atomic E-state index is 13.1. The zero-order valence-electron chi connectivity index (χ0n) is 14.5. The van der Waals surface area contributed by atoms with Gasteiger partial charge in [0, 0.05) is 23.9 Å². The molecular weight excluding hydrogens is 342 g/mol. The Morgan fingerprint density at radius 2 is 2.00 bits per heavy atom. The Balaban J connectivity index is 1.32. The van der Waals surface area contributed by atoms with E-state index in [4.69, 9.17) is 4.98 Å². The van der Waals surface area contributed by atoms with Crippen LogP contribution in [0.1, 0.15) is 30.1 Å². The zero-order valence-corrected chi connectivity index (χ0v) is 15.3. The first-order valence-electron chi connectivity index (χ1n) is 9.26. The minimum atomic E-state index is 0.0295. The van der Waals surface area contributed by atoms with Crippen LogP contribution >= 0.6 is 11.8 Å². The molecule has 3 heterocycles. The molecule has 3 aromatic rings. The molecule has 26 heavy (non-hydrogen) atoms. The molecular formula is C21H21N3OS. The predicted molar refractivity (Wildman–Crippen MR) is 104 cm³/mol. The summed E-state index contributed by atoms with van der Waals surface area (Å²) >= 11 is 1.72. The van der Waals surface area contributed by atoms with E-state index in [2.05, 4.69) is 40.2 Å². The summed E-state index contributed by atoms with van der Waals surface area (Å²) in [5, 5.41) is 0.0295. The highest BCUT2D eigenvalue weighted by molar-refractivity contribution is 8.01. The van der Waals surface area contributed by atoms with Crippen LogP contribution in [0.4, 0.5) is 0 Å². The van der Waals surface area contributed by atoms with Crippen molar-refractivity contribution >= 4 is 28.7 Å². The summed E-state index contributed by atoms with van der Waals surface area (Å²) < 4.78 is 0. The fourth-order valence-corrected chi connectivity index (χ4v) is 5.37. The van der Waals surface area contributed by atoms with Gasteiger partial charge in [-0.15, -0.1) is 11.8 Å². The molecule has 1 fully saturated rings. The SMILES string of the molecule is O=C(C1Cc2ccccc2S1)N1CCCC(c2nc3ccccc3[nH]2)C1. The van der Waals surface area contributed by atoms with Gasteiger partial charge in [-0.1, -0.05) is 30.3 Å². The van der Waals surface area contributed by atoms with Crippen LogP contribution in [-0.4, -0.2) is 39.1 Å². The summed E-state index contributed by atoms with van der Waals surface area (Å²) in [6.07, 6.45) is 2.98. The summed E-state index contributed by atoms with van der Waals surface area (Å²) in [5.41, 5.74) is 3.39. The number of hydrogen-bond donors (Lipinski definition) is 1. The van der Waals surface area contributed by atoms with Gasteiger partial charge in [-0.25, -0.2) is 4.98 Å². The van der Waals surface area contributed by atoms with Gasteiger partial charge in [-0.05, 0) is 43.0 Å². The number of fused-ring (bicyclic) bond motifs is 2. The number of aromatic nitrogens is 2. The number of thioether (sulfide) groups is 1. The molecule has 1 N–H and O–H groups in total. The molecule has 2 aliphatic heterocycles. The lowest BCUT2D eigenvalue weighted by Crippen LogP contribution is -2.43. The third kappa shape index (κ3) is 2.80. The second kappa shape index (κ2) is 6.47. The lowest BCUT2D eigenvalue weighted by molar-refractivity contribution is -0.131. The molecule has 5 rings (SSSR count). The molecule has 0 saturated carbocycles. The fraction of sp³-hybridized carbons (Fsp3) is 0.333. The number of rotatable bonds is 2. The number of likely N-dealkylation sites (tertiary alicyclic amines) is 1. The number of aromatic amines is 1. The Morgan fingerprint density at radius 3 is 2.88 bits per heavy atom. The van der Waals surface area contributed by atoms with Crippen molar-refractivity contribution in [3.63, 3.8) is 0 Å². The second-order valence-electron chi connectivity index (χ2n) is 7.18. The molecule has 0 bridgehead atoms. The third-order valence-corrected chi connectivity index (χ3v) is 6.76. The Morgan fingerprint density at radius 1 is 1.15 bits per heavy atom. The molecule has 5 heteroatoms. The number of carbonyl (C=O) groups excluding carboxylic acids is 1. The number of para-hydroxylation sites is 2. The first-order valence-corrected chi connectivity index (χ1v) is 10.1. The lowest BCUT2D eigenvalue weighted by Gasteiger charge is -2.33. The van der Waals surface area contributed by atoms with E-state index in [9.17, 15) is 4.79 Å². The van der Waals surface area contributed by atoms with Crippen molar-refractivity contribution in [1.82, 2.24) is 14.9 Å². The zero-order chi connectivity index (χ0) is 17.5. The molecule has 4 nitrogen and oxygen atoms in total. The molecule has 2 atom stereocenters. The van der Waals surface area contributed by atoms with E-state index in [1.165, 1.54) is 10.5 Å². The average molecular weight is 363 g/mol. The summed E-state index contributed by atoms with van der Waals surface area (Å²) in [6, 6.07) is 16.5. The maximum absolute atomic E-state index is 13.1. The molecule has 1 aromatic heterocycles. The molecule has 0 aliphatic carbocycles. The van der Waals surface area contributed by atoms with Crippen molar-refractivity contribution in [1.29, 1.82) is 0 Å². The van der Waals surface area contributed by atoms with Crippen LogP contribution < -0.4 is 0 Å². The van der Waals surface area contributed by atoms with Crippen molar-refractivity contribution in [3.8, 4) is 0 Å². The molecule has 2 unspecified atom stereocenters. The molecule has 2 aromatic carbocycles. The van der Waals surface area contributed by atoms with Crippen molar-refractivity contribution in [2.45, 2.75) is 35.3 Å². The monoisotopic (exact) mass is 363 g/mol. The first-order chi connectivity index (χ1) is 12.8. The van der Waals surface area contributed by atoms with E-state index >= 15 is 0 Å². The highest BCUT2D eigenvalue weighted by Gasteiger charge is 2.34. The van der Waals surface area contributed by atoms with E-state index in [0.717, 1.165) is 49.2 Å². The van der Waals surface area contributed by atoms with E-state index in [-0.39, 0.29) is 11.2 Å². The normalized spacial score (nSPS) is 22.5. The Kier molecular flexibility index (Phi) is 3.97. The smallest absolute Gasteiger partial charge is 0.236 e. The van der Waals surface area contributed by atoms with Crippen LogP contribution in [-0.2, 0) is 11.2 Å². The maximum Gasteiger partial charge on any atom is 0.236 e. The van der Waals surface area contributed by atoms with Gasteiger partial charge in [0.05, 0.1) is 16.3 Å². The second-order valence-corrected chi connectivity index (χ2v) is 8.43. The molecule has 132 valence electrons. The van der Waals surface area contributed by atoms with Gasteiger partial charge in [-0.3, -0.25) is 4.79 Å². The van der Waals surface area contributed by atoms with Gasteiger partial charge in [0.2, 0.25) is 5.91 Å². The highest BCUT2D eigenvalue weighted by Crippen LogP contribution is 2.38. The molecule has 2 aliphatic rings. The van der Waals surface area contributed by atoms with Gasteiger partial charge < -0.3 is 9.88 Å². The minimum absolute atomic E-state index is 0.0295. The number of amides is 1. The van der Waals surface area contributed by atoms with Crippen LogP contribution in [0.5, 0.6) is 0 Å². The van der Waals surface area contributed by atoms with E-state index in [0.29, 0.717) is 5.92 Å². The Bertz CT molecular complexity index is 909. The average Bonchev–Trinajstić information content (AvgIpc) is 3.31. The molecule has 1 amide bonds. The fourth-order valence-electron chi connectivity index (χ4n) is 4.09. The number of nitrogens with one attached hydrogen (secondary N) is 1. The van der Waals surface area contributed by atoms with Crippen molar-refractivity contribution in [2.24, 2.45) is 0 Å². The Labute approximate surface area is 157 Å². The quantitative estimate of drug-likeness (QED) is 0.749. The summed E-state index contributed by atoms with van der Waals surface area (Å²) in [5.74, 6) is 1.60. The largest absolute Gasteiger partial charge is 0.342 e. The number of piperidine rings is 1. The molecule has 0 radical (unpaired) electrons. The number of benzene rings is 2. The Hall–Kier alpha value is -2.27. The molecule has 1 saturated heterocycles. The van der Waals surface area contributed by atoms with Crippen molar-refractivity contribution in [3.05, 3.63) is 59.9 Å². The number of imidazole rings is 1. The van der Waals surface area contributed by atoms with E-state index in [1.807, 2.05) is 18.2 Å². The van der Waals surface area contributed by atoms with Gasteiger partial charge in [0.15, 0.2) is 0 Å². The topological polar surface area (TPSA) is 49.0 Å². The standard InChI is InChI=1S/C21H21N3OS/c25-21(19-12-14-6-1-4-10-18(14)26-19)24-11-5-7-15(13-24)20-22-16-8-2-3-9-17(16)23-20/h1-4,6,8-10,15,19H,5,7,11-13H2,(H,22,23). The van der Waals surface area contributed by atoms with Crippen LogP contribution in [0.15, 0.2) is 53.4 Å².